The van der Waals surface area contributed by atoms with E-state index in [2.05, 4.69) is 17.2 Å². The maximum absolute atomic E-state index is 14.3. The van der Waals surface area contributed by atoms with Gasteiger partial charge in [0.15, 0.2) is 11.6 Å². The number of alkyl halides is 3. The van der Waals surface area contributed by atoms with Crippen molar-refractivity contribution in [3.8, 4) is 0 Å². The van der Waals surface area contributed by atoms with Crippen LogP contribution in [-0.2, 0) is 16.0 Å². The first-order valence-electron chi connectivity index (χ1n) is 8.24. The van der Waals surface area contributed by atoms with Gasteiger partial charge in [-0.2, -0.15) is 13.2 Å². The summed E-state index contributed by atoms with van der Waals surface area (Å²) in [5, 5.41) is 4.33. The first-order chi connectivity index (χ1) is 13.1. The summed E-state index contributed by atoms with van der Waals surface area (Å²) in [6, 6.07) is 1.15. The summed E-state index contributed by atoms with van der Waals surface area (Å²) >= 11 is 0. The predicted molar refractivity (Wildman–Crippen MR) is 94.6 cm³/mol. The second-order valence-corrected chi connectivity index (χ2v) is 6.02. The smallest absolute Gasteiger partial charge is 0.323 e. The Hall–Kier alpha value is -2.97. The summed E-state index contributed by atoms with van der Waals surface area (Å²) in [4.78, 5) is 23.8. The molecule has 1 heterocycles. The molecule has 0 fully saturated rings. The Kier molecular flexibility index (Phi) is 6.37. The third kappa shape index (κ3) is 4.85. The van der Waals surface area contributed by atoms with E-state index >= 15 is 0 Å². The highest BCUT2D eigenvalue weighted by Crippen LogP contribution is 2.33. The Morgan fingerprint density at radius 3 is 2.54 bits per heavy atom. The molecule has 1 aliphatic heterocycles. The second-order valence-electron chi connectivity index (χ2n) is 6.02. The van der Waals surface area contributed by atoms with Crippen LogP contribution in [0.1, 0.15) is 25.3 Å². The minimum atomic E-state index is -4.59. The first kappa shape index (κ1) is 21.3. The fourth-order valence-electron chi connectivity index (χ4n) is 2.73. The SMILES string of the molecule is C=C/C(CC(F)(F)F)=C(\C=C/C)C(=O)Nc1cc2c(c(F)c1F)NC(=O)CC2. The average Bonchev–Trinajstić information content (AvgIpc) is 2.62. The second kappa shape index (κ2) is 8.37. The Morgan fingerprint density at radius 2 is 1.96 bits per heavy atom. The topological polar surface area (TPSA) is 58.2 Å². The lowest BCUT2D eigenvalue weighted by Gasteiger charge is -2.20. The lowest BCUT2D eigenvalue weighted by atomic mass is 10.0. The van der Waals surface area contributed by atoms with Crippen molar-refractivity contribution < 1.29 is 31.5 Å². The predicted octanol–water partition coefficient (Wildman–Crippen LogP) is 4.80. The van der Waals surface area contributed by atoms with Crippen molar-refractivity contribution in [1.82, 2.24) is 0 Å². The van der Waals surface area contributed by atoms with E-state index in [1.54, 1.807) is 0 Å². The molecule has 0 unspecified atom stereocenters. The summed E-state index contributed by atoms with van der Waals surface area (Å²) in [6.07, 6.45) is -2.44. The monoisotopic (exact) mass is 400 g/mol. The molecule has 0 aromatic heterocycles. The molecule has 0 atom stereocenters. The molecular weight excluding hydrogens is 383 g/mol. The lowest BCUT2D eigenvalue weighted by Crippen LogP contribution is -2.23. The Bertz CT molecular complexity index is 885. The van der Waals surface area contributed by atoms with Gasteiger partial charge in [0, 0.05) is 12.0 Å². The van der Waals surface area contributed by atoms with Gasteiger partial charge in [0.05, 0.1) is 17.8 Å². The summed E-state index contributed by atoms with van der Waals surface area (Å²) in [6.45, 7) is 4.78. The molecule has 0 spiro atoms. The molecule has 4 nitrogen and oxygen atoms in total. The van der Waals surface area contributed by atoms with Gasteiger partial charge in [-0.25, -0.2) is 8.78 Å². The number of nitrogens with one attached hydrogen (secondary N) is 2. The molecule has 2 N–H and O–H groups in total. The number of aryl methyl sites for hydroxylation is 1. The molecule has 2 rings (SSSR count). The highest BCUT2D eigenvalue weighted by Gasteiger charge is 2.30. The summed E-state index contributed by atoms with van der Waals surface area (Å²) in [7, 11) is 0. The van der Waals surface area contributed by atoms with E-state index in [9.17, 15) is 31.5 Å². The van der Waals surface area contributed by atoms with Gasteiger partial charge >= 0.3 is 6.18 Å². The van der Waals surface area contributed by atoms with E-state index in [1.807, 2.05) is 0 Å². The highest BCUT2D eigenvalue weighted by molar-refractivity contribution is 6.07. The number of rotatable bonds is 5. The standard InChI is InChI=1S/C19H17F5N2O2/c1-3-5-12(10(4-2)9-19(22,23)24)18(28)25-13-8-11-6-7-14(27)26-17(11)16(21)15(13)20/h3-5,8H,2,6-7,9H2,1H3,(H,25,28)(H,26,27)/b5-3-,12-10-. The zero-order valence-corrected chi connectivity index (χ0v) is 14.8. The van der Waals surface area contributed by atoms with E-state index < -0.39 is 47.3 Å². The Labute approximate surface area is 157 Å². The van der Waals surface area contributed by atoms with Gasteiger partial charge in [-0.1, -0.05) is 24.8 Å². The van der Waals surface area contributed by atoms with Crippen LogP contribution < -0.4 is 10.6 Å². The Balaban J connectivity index is 2.43. The summed E-state index contributed by atoms with van der Waals surface area (Å²) in [5.74, 6) is -4.29. The number of benzene rings is 1. The molecule has 1 aromatic rings. The first-order valence-corrected chi connectivity index (χ1v) is 8.24. The molecule has 2 amide bonds. The summed E-state index contributed by atoms with van der Waals surface area (Å²) in [5.41, 5.74) is -1.35. The molecule has 0 aliphatic carbocycles. The third-order valence-corrected chi connectivity index (χ3v) is 3.98. The van der Waals surface area contributed by atoms with Gasteiger partial charge in [-0.15, -0.1) is 0 Å². The molecule has 0 bridgehead atoms. The molecule has 28 heavy (non-hydrogen) atoms. The largest absolute Gasteiger partial charge is 0.393 e. The number of hydrogen-bond acceptors (Lipinski definition) is 2. The molecule has 0 radical (unpaired) electrons. The lowest BCUT2D eigenvalue weighted by molar-refractivity contribution is -0.126. The van der Waals surface area contributed by atoms with E-state index in [0.29, 0.717) is 0 Å². The van der Waals surface area contributed by atoms with Gasteiger partial charge in [0.1, 0.15) is 0 Å². The maximum atomic E-state index is 14.3. The van der Waals surface area contributed by atoms with Crippen molar-refractivity contribution in [3.63, 3.8) is 0 Å². The van der Waals surface area contributed by atoms with Crippen LogP contribution in [0.2, 0.25) is 0 Å². The number of carbonyl (C=O) groups is 2. The average molecular weight is 400 g/mol. The van der Waals surface area contributed by atoms with Crippen molar-refractivity contribution in [2.24, 2.45) is 0 Å². The van der Waals surface area contributed by atoms with Gasteiger partial charge in [-0.05, 0) is 30.5 Å². The number of hydrogen-bond donors (Lipinski definition) is 2. The number of halogens is 5. The number of amides is 2. The van der Waals surface area contributed by atoms with E-state index in [4.69, 9.17) is 0 Å². The minimum absolute atomic E-state index is 0.0569. The zero-order chi connectivity index (χ0) is 21.1. The van der Waals surface area contributed by atoms with Crippen LogP contribution >= 0.6 is 0 Å². The van der Waals surface area contributed by atoms with Crippen molar-refractivity contribution in [3.05, 3.63) is 59.2 Å². The van der Waals surface area contributed by atoms with Gasteiger partial charge in [-0.3, -0.25) is 9.59 Å². The van der Waals surface area contributed by atoms with Crippen LogP contribution in [0.25, 0.3) is 0 Å². The fourth-order valence-corrected chi connectivity index (χ4v) is 2.73. The number of anilines is 2. The molecule has 9 heteroatoms. The van der Waals surface area contributed by atoms with E-state index in [-0.39, 0.29) is 29.7 Å². The number of carbonyl (C=O) groups excluding carboxylic acids is 2. The number of fused-ring (bicyclic) bond motifs is 1. The van der Waals surface area contributed by atoms with Crippen molar-refractivity contribution in [2.45, 2.75) is 32.4 Å². The highest BCUT2D eigenvalue weighted by atomic mass is 19.4. The van der Waals surface area contributed by atoms with Gasteiger partial charge in [0.25, 0.3) is 5.91 Å². The summed E-state index contributed by atoms with van der Waals surface area (Å²) < 4.78 is 66.8. The van der Waals surface area contributed by atoms with Crippen LogP contribution in [0.5, 0.6) is 0 Å². The van der Waals surface area contributed by atoms with E-state index in [0.717, 1.165) is 18.2 Å². The van der Waals surface area contributed by atoms with Crippen molar-refractivity contribution in [1.29, 1.82) is 0 Å². The molecule has 0 saturated carbocycles. The molecule has 1 aliphatic rings. The third-order valence-electron chi connectivity index (χ3n) is 3.98. The molecule has 1 aromatic carbocycles. The van der Waals surface area contributed by atoms with Crippen molar-refractivity contribution >= 4 is 23.2 Å². The number of allylic oxidation sites excluding steroid dienone is 3. The van der Waals surface area contributed by atoms with Gasteiger partial charge < -0.3 is 10.6 Å². The van der Waals surface area contributed by atoms with Crippen molar-refractivity contribution in [2.75, 3.05) is 10.6 Å². The van der Waals surface area contributed by atoms with Crippen LogP contribution in [0.3, 0.4) is 0 Å². The maximum Gasteiger partial charge on any atom is 0.393 e. The minimum Gasteiger partial charge on any atom is -0.323 e. The van der Waals surface area contributed by atoms with E-state index in [1.165, 1.54) is 13.0 Å². The quantitative estimate of drug-likeness (QED) is 0.424. The van der Waals surface area contributed by atoms with Crippen LogP contribution in [-0.4, -0.2) is 18.0 Å². The zero-order valence-electron chi connectivity index (χ0n) is 14.8. The Morgan fingerprint density at radius 1 is 1.29 bits per heavy atom. The van der Waals surface area contributed by atoms with Gasteiger partial charge in [0.2, 0.25) is 5.91 Å². The molecular formula is C19H17F5N2O2. The molecule has 0 saturated heterocycles. The van der Waals surface area contributed by atoms with Crippen LogP contribution in [0, 0.1) is 11.6 Å². The normalized spacial score (nSPS) is 15.0. The van der Waals surface area contributed by atoms with Crippen LogP contribution in [0.4, 0.5) is 33.3 Å². The van der Waals surface area contributed by atoms with Crippen LogP contribution in [0.15, 0.2) is 42.0 Å². The molecule has 150 valence electrons. The fraction of sp³-hybridized carbons (Fsp3) is 0.263.